The number of hydrogen-bond acceptors (Lipinski definition) is 10. The molecule has 2 N–H and O–H groups in total. The van der Waals surface area contributed by atoms with E-state index in [9.17, 15) is 14.4 Å². The van der Waals surface area contributed by atoms with Crippen LogP contribution in [0.1, 0.15) is 82.8 Å². The zero-order valence-corrected chi connectivity index (χ0v) is 24.3. The number of carbonyl (C=O) groups excluding carboxylic acids is 1. The highest BCUT2D eigenvalue weighted by Gasteiger charge is 2.35. The Labute approximate surface area is 236 Å². The number of esters is 1. The van der Waals surface area contributed by atoms with Gasteiger partial charge < -0.3 is 28.1 Å². The van der Waals surface area contributed by atoms with Crippen molar-refractivity contribution in [2.24, 2.45) is 11.1 Å². The van der Waals surface area contributed by atoms with E-state index in [2.05, 4.69) is 20.8 Å². The normalized spacial score (nSPS) is 11.5. The van der Waals surface area contributed by atoms with Gasteiger partial charge in [0, 0.05) is 17.8 Å². The Morgan fingerprint density at radius 1 is 0.925 bits per heavy atom. The fraction of sp³-hybridized carbons (Fsp3) is 0.379. The molecule has 0 aliphatic carbocycles. The van der Waals surface area contributed by atoms with Gasteiger partial charge in [-0.25, -0.2) is 14.4 Å². The first-order valence-corrected chi connectivity index (χ1v) is 12.5. The van der Waals surface area contributed by atoms with Crippen molar-refractivity contribution in [1.82, 2.24) is 4.98 Å². The van der Waals surface area contributed by atoms with Gasteiger partial charge in [0.05, 0.1) is 11.3 Å². The van der Waals surface area contributed by atoms with Gasteiger partial charge in [0.25, 0.3) is 0 Å². The number of pyridine rings is 1. The predicted octanol–water partition coefficient (Wildman–Crippen LogP) is 5.49. The largest absolute Gasteiger partial charge is 0.519 e. The predicted molar refractivity (Wildman–Crippen MR) is 149 cm³/mol. The lowest BCUT2D eigenvalue weighted by atomic mass is 9.85. The van der Waals surface area contributed by atoms with E-state index in [1.54, 1.807) is 6.92 Å². The summed E-state index contributed by atoms with van der Waals surface area (Å²) in [6.07, 6.45) is -0.799. The lowest BCUT2D eigenvalue weighted by Gasteiger charge is -2.24. The number of hydrogen-bond donors (Lipinski definition) is 1. The summed E-state index contributed by atoms with van der Waals surface area (Å²) >= 11 is 0. The fourth-order valence-electron chi connectivity index (χ4n) is 4.54. The van der Waals surface area contributed by atoms with Crippen LogP contribution in [0.5, 0.6) is 0 Å². The Kier molecular flexibility index (Phi) is 8.96. The summed E-state index contributed by atoms with van der Waals surface area (Å²) < 4.78 is 26.2. The minimum Gasteiger partial charge on any atom is -0.442 e. The van der Waals surface area contributed by atoms with Gasteiger partial charge >= 0.3 is 17.6 Å². The molecule has 4 rings (SSSR count). The maximum Gasteiger partial charge on any atom is 0.519 e. The summed E-state index contributed by atoms with van der Waals surface area (Å²) in [5, 5.41) is 0. The quantitative estimate of drug-likeness (QED) is 0.281. The van der Waals surface area contributed by atoms with E-state index >= 15 is 0 Å². The van der Waals surface area contributed by atoms with E-state index in [1.807, 2.05) is 31.2 Å². The Balaban J connectivity index is 0.00000441. The molecule has 0 spiro atoms. The second kappa shape index (κ2) is 11.7. The zero-order valence-electron chi connectivity index (χ0n) is 23.5. The van der Waals surface area contributed by atoms with Gasteiger partial charge in [-0.05, 0) is 50.7 Å². The molecule has 0 unspecified atom stereocenters. The third-order valence-electron chi connectivity index (χ3n) is 6.27. The summed E-state index contributed by atoms with van der Waals surface area (Å²) in [7, 11) is 0. The van der Waals surface area contributed by atoms with Crippen molar-refractivity contribution in [2.45, 2.75) is 67.5 Å². The van der Waals surface area contributed by atoms with Gasteiger partial charge in [-0.3, -0.25) is 4.98 Å². The molecule has 0 bridgehead atoms. The molecule has 0 saturated heterocycles. The lowest BCUT2D eigenvalue weighted by molar-refractivity contribution is 0.0283. The first kappa shape index (κ1) is 30.6. The second-order valence-electron chi connectivity index (χ2n) is 10.7. The number of carbonyl (C=O) groups is 1. The molecule has 10 nitrogen and oxygen atoms in total. The topological polar surface area (TPSA) is 152 Å². The van der Waals surface area contributed by atoms with Crippen molar-refractivity contribution in [3.05, 3.63) is 96.6 Å². The smallest absolute Gasteiger partial charge is 0.442 e. The van der Waals surface area contributed by atoms with Gasteiger partial charge in [-0.15, -0.1) is 12.4 Å². The van der Waals surface area contributed by atoms with Crippen LogP contribution in [0.3, 0.4) is 0 Å². The molecular formula is C29H33ClN2O8. The molecule has 0 radical (unpaired) electrons. The van der Waals surface area contributed by atoms with Crippen molar-refractivity contribution >= 4 is 18.4 Å². The molecular weight excluding hydrogens is 540 g/mol. The van der Waals surface area contributed by atoms with Crippen molar-refractivity contribution in [3.8, 4) is 11.1 Å². The van der Waals surface area contributed by atoms with Crippen molar-refractivity contribution in [2.75, 3.05) is 0 Å². The van der Waals surface area contributed by atoms with Gasteiger partial charge in [0.1, 0.15) is 0 Å². The summed E-state index contributed by atoms with van der Waals surface area (Å²) in [4.78, 5) is 42.4. The molecule has 0 amide bonds. The van der Waals surface area contributed by atoms with Gasteiger partial charge in [0.2, 0.25) is 6.10 Å². The molecule has 0 aliphatic heterocycles. The number of halogens is 1. The third-order valence-corrected chi connectivity index (χ3v) is 6.27. The molecule has 0 fully saturated rings. The number of aryl methyl sites for hydroxylation is 4. The third kappa shape index (κ3) is 6.29. The Morgan fingerprint density at radius 3 is 1.88 bits per heavy atom. The minimum atomic E-state index is -1.43. The summed E-state index contributed by atoms with van der Waals surface area (Å²) in [5.41, 5.74) is 10.7. The van der Waals surface area contributed by atoms with Crippen molar-refractivity contribution in [3.63, 3.8) is 0 Å². The van der Waals surface area contributed by atoms with Crippen LogP contribution in [0.4, 0.5) is 0 Å². The number of nitrogens with zero attached hydrogens (tertiary/aromatic N) is 1. The molecule has 11 heteroatoms. The highest BCUT2D eigenvalue weighted by molar-refractivity contribution is 5.99. The van der Waals surface area contributed by atoms with Crippen LogP contribution >= 0.6 is 12.4 Å². The lowest BCUT2D eigenvalue weighted by Crippen LogP contribution is -2.21. The van der Waals surface area contributed by atoms with Crippen LogP contribution in [-0.2, 0) is 17.7 Å². The highest BCUT2D eigenvalue weighted by atomic mass is 35.5. The Morgan fingerprint density at radius 2 is 1.45 bits per heavy atom. The molecule has 0 saturated carbocycles. The standard InChI is InChI=1S/C29H32N2O8.ClH/c1-14-8-10-18(11-9-14)22-19(13-30)20(12-29(5,6)7)31-15(2)21(22)26(32)37-25(23-16(3)35-27(33)38-23)24-17(4)36-28(34)39-24;/h8-11,25H,12-13,30H2,1-7H3;1H. The zero-order chi connectivity index (χ0) is 28.6. The molecule has 3 heterocycles. The molecule has 40 heavy (non-hydrogen) atoms. The van der Waals surface area contributed by atoms with E-state index in [-0.39, 0.29) is 53.0 Å². The summed E-state index contributed by atoms with van der Waals surface area (Å²) in [6, 6.07) is 7.72. The number of ether oxygens (including phenoxy) is 1. The van der Waals surface area contributed by atoms with E-state index in [0.717, 1.165) is 22.4 Å². The number of rotatable bonds is 7. The van der Waals surface area contributed by atoms with Crippen LogP contribution in [0.25, 0.3) is 11.1 Å². The average molecular weight is 573 g/mol. The molecule has 0 atom stereocenters. The van der Waals surface area contributed by atoms with E-state index in [1.165, 1.54) is 13.8 Å². The first-order valence-electron chi connectivity index (χ1n) is 12.5. The van der Waals surface area contributed by atoms with Gasteiger partial charge in [0.15, 0.2) is 23.0 Å². The van der Waals surface area contributed by atoms with Gasteiger partial charge in [-0.2, -0.15) is 0 Å². The molecule has 1 aromatic carbocycles. The SMILES string of the molecule is Cc1ccc(-c2c(CN)c(CC(C)(C)C)nc(C)c2C(=O)OC(c2oc(=O)oc2C)c2oc(=O)oc2C)cc1.Cl. The molecule has 214 valence electrons. The van der Waals surface area contributed by atoms with Gasteiger partial charge in [-0.1, -0.05) is 50.6 Å². The van der Waals surface area contributed by atoms with E-state index in [4.69, 9.17) is 33.1 Å². The summed E-state index contributed by atoms with van der Waals surface area (Å²) in [5.74, 6) is -2.94. The molecule has 0 aliphatic rings. The van der Waals surface area contributed by atoms with Crippen LogP contribution in [-0.4, -0.2) is 11.0 Å². The van der Waals surface area contributed by atoms with Crippen LogP contribution < -0.4 is 17.4 Å². The number of aromatic nitrogens is 1. The van der Waals surface area contributed by atoms with Crippen LogP contribution in [0, 0.1) is 33.1 Å². The minimum absolute atomic E-state index is 0. The maximum absolute atomic E-state index is 14.0. The second-order valence-corrected chi connectivity index (χ2v) is 10.7. The molecule has 4 aromatic rings. The number of nitrogens with two attached hydrogens (primary N) is 1. The first-order chi connectivity index (χ1) is 18.3. The highest BCUT2D eigenvalue weighted by Crippen LogP contribution is 2.37. The molecule has 3 aromatic heterocycles. The van der Waals surface area contributed by atoms with E-state index < -0.39 is 23.7 Å². The number of benzene rings is 1. The maximum atomic E-state index is 14.0. The van der Waals surface area contributed by atoms with E-state index in [0.29, 0.717) is 17.7 Å². The fourth-order valence-corrected chi connectivity index (χ4v) is 4.54. The Hall–Kier alpha value is -3.89. The Bertz CT molecular complexity index is 1580. The summed E-state index contributed by atoms with van der Waals surface area (Å²) in [6.45, 7) is 13.1. The average Bonchev–Trinajstić information content (AvgIpc) is 3.35. The van der Waals surface area contributed by atoms with Crippen molar-refractivity contribution < 1.29 is 27.2 Å². The van der Waals surface area contributed by atoms with Crippen molar-refractivity contribution in [1.29, 1.82) is 0 Å². The van der Waals surface area contributed by atoms with Crippen LogP contribution in [0.2, 0.25) is 0 Å². The van der Waals surface area contributed by atoms with Crippen LogP contribution in [0.15, 0.2) is 51.5 Å². The monoisotopic (exact) mass is 572 g/mol.